The van der Waals surface area contributed by atoms with Crippen molar-refractivity contribution in [1.82, 2.24) is 4.90 Å². The van der Waals surface area contributed by atoms with E-state index in [-0.39, 0.29) is 0 Å². The standard InChI is InChI=1S/C11H10N2/c12-6-8-13-7-5-10-3-1-2-4-11(10)9-13/h1-5,7H,8-9H2. The maximum Gasteiger partial charge on any atom is 0.105 e. The predicted octanol–water partition coefficient (Wildman–Crippen LogP) is 2.00. The molecular formula is C11H10N2. The van der Waals surface area contributed by atoms with Crippen LogP contribution in [0, 0.1) is 11.3 Å². The molecule has 1 aliphatic heterocycles. The van der Waals surface area contributed by atoms with Crippen LogP contribution in [0.3, 0.4) is 0 Å². The molecule has 0 fully saturated rings. The molecule has 0 saturated heterocycles. The molecule has 0 aromatic heterocycles. The van der Waals surface area contributed by atoms with Gasteiger partial charge in [-0.05, 0) is 17.2 Å². The minimum absolute atomic E-state index is 0.463. The predicted molar refractivity (Wildman–Crippen MR) is 51.5 cm³/mol. The van der Waals surface area contributed by atoms with Crippen molar-refractivity contribution in [2.75, 3.05) is 6.54 Å². The highest BCUT2D eigenvalue weighted by atomic mass is 15.1. The van der Waals surface area contributed by atoms with Crippen molar-refractivity contribution in [3.8, 4) is 6.07 Å². The molecule has 0 radical (unpaired) electrons. The quantitative estimate of drug-likeness (QED) is 0.603. The highest BCUT2D eigenvalue weighted by molar-refractivity contribution is 5.55. The van der Waals surface area contributed by atoms with Gasteiger partial charge < -0.3 is 4.90 Å². The molecule has 64 valence electrons. The molecule has 1 heterocycles. The van der Waals surface area contributed by atoms with Crippen LogP contribution in [0.2, 0.25) is 0 Å². The maximum absolute atomic E-state index is 8.54. The summed E-state index contributed by atoms with van der Waals surface area (Å²) in [4.78, 5) is 2.00. The number of nitrogens with zero attached hydrogens (tertiary/aromatic N) is 2. The number of nitriles is 1. The Bertz CT molecular complexity index is 374. The minimum atomic E-state index is 0.463. The molecule has 0 amide bonds. The summed E-state index contributed by atoms with van der Waals surface area (Å²) in [5.74, 6) is 0. The molecule has 1 aliphatic rings. The van der Waals surface area contributed by atoms with E-state index in [1.165, 1.54) is 11.1 Å². The van der Waals surface area contributed by atoms with Gasteiger partial charge in [0.25, 0.3) is 0 Å². The van der Waals surface area contributed by atoms with Crippen LogP contribution in [0.4, 0.5) is 0 Å². The third-order valence-corrected chi connectivity index (χ3v) is 2.17. The summed E-state index contributed by atoms with van der Waals surface area (Å²) in [6.07, 6.45) is 4.03. The topological polar surface area (TPSA) is 27.0 Å². The molecule has 2 rings (SSSR count). The molecular weight excluding hydrogens is 160 g/mol. The number of hydrogen-bond donors (Lipinski definition) is 0. The van der Waals surface area contributed by atoms with E-state index < -0.39 is 0 Å². The molecule has 0 aliphatic carbocycles. The van der Waals surface area contributed by atoms with Crippen molar-refractivity contribution < 1.29 is 0 Å². The third-order valence-electron chi connectivity index (χ3n) is 2.17. The Kier molecular flexibility index (Phi) is 2.01. The average Bonchev–Trinajstić information content (AvgIpc) is 2.18. The van der Waals surface area contributed by atoms with Crippen LogP contribution in [-0.4, -0.2) is 11.4 Å². The van der Waals surface area contributed by atoms with Gasteiger partial charge in [0.1, 0.15) is 6.54 Å². The second kappa shape index (κ2) is 3.32. The smallest absolute Gasteiger partial charge is 0.105 e. The van der Waals surface area contributed by atoms with Crippen LogP contribution in [0.15, 0.2) is 30.5 Å². The molecule has 2 nitrogen and oxygen atoms in total. The van der Waals surface area contributed by atoms with Gasteiger partial charge in [-0.3, -0.25) is 0 Å². The normalized spacial score (nSPS) is 13.6. The first kappa shape index (κ1) is 7.88. The Balaban J connectivity index is 2.25. The largest absolute Gasteiger partial charge is 0.360 e. The second-order valence-electron chi connectivity index (χ2n) is 3.08. The summed E-state index contributed by atoms with van der Waals surface area (Å²) < 4.78 is 0. The lowest BCUT2D eigenvalue weighted by atomic mass is 10.0. The van der Waals surface area contributed by atoms with Gasteiger partial charge in [0, 0.05) is 12.7 Å². The van der Waals surface area contributed by atoms with E-state index in [0.717, 1.165) is 6.54 Å². The van der Waals surface area contributed by atoms with E-state index in [1.807, 2.05) is 23.2 Å². The van der Waals surface area contributed by atoms with Crippen LogP contribution < -0.4 is 0 Å². The first-order valence-corrected chi connectivity index (χ1v) is 4.27. The fraction of sp³-hybridized carbons (Fsp3) is 0.182. The first-order valence-electron chi connectivity index (χ1n) is 4.27. The van der Waals surface area contributed by atoms with Gasteiger partial charge >= 0.3 is 0 Å². The molecule has 1 aromatic rings. The van der Waals surface area contributed by atoms with Gasteiger partial charge in [0.15, 0.2) is 0 Å². The lowest BCUT2D eigenvalue weighted by Gasteiger charge is -2.22. The van der Waals surface area contributed by atoms with E-state index in [4.69, 9.17) is 5.26 Å². The average molecular weight is 170 g/mol. The lowest BCUT2D eigenvalue weighted by Crippen LogP contribution is -2.19. The van der Waals surface area contributed by atoms with Crippen molar-refractivity contribution >= 4 is 6.08 Å². The van der Waals surface area contributed by atoms with E-state index in [2.05, 4.69) is 24.3 Å². The van der Waals surface area contributed by atoms with Crippen LogP contribution >= 0.6 is 0 Å². The zero-order valence-electron chi connectivity index (χ0n) is 7.27. The summed E-state index contributed by atoms with van der Waals surface area (Å²) >= 11 is 0. The van der Waals surface area contributed by atoms with Crippen molar-refractivity contribution in [3.05, 3.63) is 41.6 Å². The fourth-order valence-electron chi connectivity index (χ4n) is 1.50. The monoisotopic (exact) mass is 170 g/mol. The van der Waals surface area contributed by atoms with Crippen LogP contribution in [0.5, 0.6) is 0 Å². The van der Waals surface area contributed by atoms with E-state index in [9.17, 15) is 0 Å². The summed E-state index contributed by atoms with van der Waals surface area (Å²) in [5.41, 5.74) is 2.55. The molecule has 0 spiro atoms. The van der Waals surface area contributed by atoms with Gasteiger partial charge in [-0.15, -0.1) is 0 Å². The SMILES string of the molecule is N#CCN1C=Cc2ccccc2C1. The zero-order chi connectivity index (χ0) is 9.10. The van der Waals surface area contributed by atoms with Gasteiger partial charge in [-0.25, -0.2) is 0 Å². The maximum atomic E-state index is 8.54. The highest BCUT2D eigenvalue weighted by Crippen LogP contribution is 2.18. The van der Waals surface area contributed by atoms with Crippen LogP contribution in [0.25, 0.3) is 6.08 Å². The Labute approximate surface area is 77.7 Å². The second-order valence-corrected chi connectivity index (χ2v) is 3.08. The van der Waals surface area contributed by atoms with Gasteiger partial charge in [-0.2, -0.15) is 5.26 Å². The van der Waals surface area contributed by atoms with Gasteiger partial charge in [-0.1, -0.05) is 24.3 Å². The summed E-state index contributed by atoms with van der Waals surface area (Å²) in [6.45, 7) is 1.31. The molecule has 0 saturated carbocycles. The van der Waals surface area contributed by atoms with E-state index in [0.29, 0.717) is 6.54 Å². The molecule has 2 heteroatoms. The Morgan fingerprint density at radius 3 is 3.08 bits per heavy atom. The number of hydrogen-bond acceptors (Lipinski definition) is 2. The molecule has 0 N–H and O–H groups in total. The lowest BCUT2D eigenvalue weighted by molar-refractivity contribution is 0.411. The number of benzene rings is 1. The highest BCUT2D eigenvalue weighted by Gasteiger charge is 2.08. The Hall–Kier alpha value is -1.75. The summed E-state index contributed by atoms with van der Waals surface area (Å²) in [5, 5.41) is 8.54. The molecule has 0 unspecified atom stereocenters. The van der Waals surface area contributed by atoms with E-state index in [1.54, 1.807) is 0 Å². The molecule has 0 atom stereocenters. The van der Waals surface area contributed by atoms with Crippen molar-refractivity contribution in [1.29, 1.82) is 5.26 Å². The third kappa shape index (κ3) is 1.54. The first-order chi connectivity index (χ1) is 6.40. The van der Waals surface area contributed by atoms with Crippen LogP contribution in [-0.2, 0) is 6.54 Å². The minimum Gasteiger partial charge on any atom is -0.360 e. The van der Waals surface area contributed by atoms with Crippen molar-refractivity contribution in [3.63, 3.8) is 0 Å². The summed E-state index contributed by atoms with van der Waals surface area (Å²) in [7, 11) is 0. The molecule has 0 bridgehead atoms. The fourth-order valence-corrected chi connectivity index (χ4v) is 1.50. The Morgan fingerprint density at radius 1 is 1.38 bits per heavy atom. The number of fused-ring (bicyclic) bond motifs is 1. The van der Waals surface area contributed by atoms with Gasteiger partial charge in [0.05, 0.1) is 6.07 Å². The van der Waals surface area contributed by atoms with Gasteiger partial charge in [0.2, 0.25) is 0 Å². The van der Waals surface area contributed by atoms with E-state index >= 15 is 0 Å². The van der Waals surface area contributed by atoms with Crippen molar-refractivity contribution in [2.24, 2.45) is 0 Å². The number of rotatable bonds is 1. The zero-order valence-corrected chi connectivity index (χ0v) is 7.27. The van der Waals surface area contributed by atoms with Crippen LogP contribution in [0.1, 0.15) is 11.1 Å². The molecule has 1 aromatic carbocycles. The van der Waals surface area contributed by atoms with Crippen molar-refractivity contribution in [2.45, 2.75) is 6.54 Å². The Morgan fingerprint density at radius 2 is 2.23 bits per heavy atom. The molecule has 13 heavy (non-hydrogen) atoms. The summed E-state index contributed by atoms with van der Waals surface area (Å²) in [6, 6.07) is 10.4.